The summed E-state index contributed by atoms with van der Waals surface area (Å²) >= 11 is 0. The first-order valence-corrected chi connectivity index (χ1v) is 52.6. The van der Waals surface area contributed by atoms with Crippen molar-refractivity contribution in [3.63, 3.8) is 0 Å². The summed E-state index contributed by atoms with van der Waals surface area (Å²) in [7, 11) is 2.18. The number of likely N-dealkylation sites (N-methyl/N-ethyl adjacent to an activating group) is 1. The van der Waals surface area contributed by atoms with Crippen LogP contribution in [0.25, 0.3) is 75.4 Å². The Kier molecular flexibility index (Phi) is 31.6. The number of nitriles is 1. The number of rotatable bonds is 7. The fourth-order valence-electron chi connectivity index (χ4n) is 21.3. The van der Waals surface area contributed by atoms with Crippen molar-refractivity contribution >= 4 is 116 Å². The lowest BCUT2D eigenvalue weighted by molar-refractivity contribution is 0.0256. The van der Waals surface area contributed by atoms with Crippen LogP contribution in [0.15, 0.2) is 225 Å². The van der Waals surface area contributed by atoms with Gasteiger partial charge < -0.3 is 39.2 Å². The van der Waals surface area contributed by atoms with Crippen LogP contribution in [0.3, 0.4) is 0 Å². The van der Waals surface area contributed by atoms with Gasteiger partial charge in [0.25, 0.3) is 5.92 Å². The molecule has 145 heavy (non-hydrogen) atoms. The average Bonchev–Trinajstić information content (AvgIpc) is 1.70. The zero-order valence-corrected chi connectivity index (χ0v) is 91.4. The molecule has 0 radical (unpaired) electrons. The highest BCUT2D eigenvalue weighted by molar-refractivity contribution is 5.94. The molecule has 14 heterocycles. The van der Waals surface area contributed by atoms with Crippen LogP contribution in [0.1, 0.15) is 244 Å². The number of anilines is 7. The Balaban J connectivity index is 0.000000127. The maximum Gasteiger partial charge on any atom is 0.266 e. The zero-order valence-electron chi connectivity index (χ0n) is 91.4. The number of benzene rings is 7. The molecule has 0 spiro atoms. The summed E-state index contributed by atoms with van der Waals surface area (Å²) in [6, 6.07) is 62.4. The third-order valence-corrected chi connectivity index (χ3v) is 29.8. The predicted octanol–water partition coefficient (Wildman–Crippen LogP) is 29.2. The third-order valence-electron chi connectivity index (χ3n) is 29.8. The summed E-state index contributed by atoms with van der Waals surface area (Å²) in [5, 5.41) is 26.1. The Labute approximate surface area is 861 Å². The van der Waals surface area contributed by atoms with E-state index in [1.54, 1.807) is 9.80 Å². The standard InChI is InChI=1S/2C19H26N2.C18H25N3.C18H21N3.2C17H20F2N2.C17H20N2/c1-18(2,3)16-9-6-8-14-12-17(20-13-15(14)16)21-11-7-10-19(21,4)5;1-18(2,3)16-8-6-7-14-11-17(20-12-15(14)16)21-10-9-19(4,5)13-21;1-18(2,3)16-7-5-6-14-12-17(19-13-15(14)16)21-10-8-20(4)9-11-21;1-18(2,3)16-6-4-5-14-9-17(20-11-15(14)16)21-8-7-13(10-19)12-21;1-17(2,3)13-6-4-5-11-7-16(20-8-12(11)13)21-9-14(18)15(19)10-21;1-16(2,3)14-6-4-5-12-9-15(20-10-13(12)14)21-8-7-17(18,19)11-21;1-17(2,3)15-8-6-7-13-11-16(18-12-14(13)15)19-9-4-5-10-19/h6,8-9,12-13H,7,10-11H2,1-5H3;6-8,11-12H,9-10,13H2,1-5H3;5-7,12-13H,8-11H2,1-4H3;4-6,9,11,13H,7-8,12H2,1-3H3;4-8,14-15H,9-10H2,1-3H3;4-6,9-10H,7-8,11H2,1-3H3;4-8,11-12H,9-10H2,1-3H3/t;;;;14-,15+;;. The second kappa shape index (κ2) is 42.8. The van der Waals surface area contributed by atoms with Gasteiger partial charge in [-0.05, 0) is 209 Å². The molecule has 3 atom stereocenters. The molecule has 0 N–H and O–H groups in total. The molecule has 16 nitrogen and oxygen atoms in total. The van der Waals surface area contributed by atoms with E-state index in [1.807, 2.05) is 61.2 Å². The summed E-state index contributed by atoms with van der Waals surface area (Å²) in [6.07, 6.45) is 20.0. The molecule has 0 aliphatic carbocycles. The van der Waals surface area contributed by atoms with Crippen molar-refractivity contribution < 1.29 is 17.6 Å². The molecule has 0 bridgehead atoms. The molecule has 20 heteroatoms. The summed E-state index contributed by atoms with van der Waals surface area (Å²) in [5.41, 5.74) is 10.7. The van der Waals surface area contributed by atoms with Gasteiger partial charge in [-0.25, -0.2) is 52.4 Å². The first kappa shape index (κ1) is 107. The van der Waals surface area contributed by atoms with Gasteiger partial charge in [0, 0.05) is 172 Å². The number of hydrogen-bond acceptors (Lipinski definition) is 16. The molecule has 7 aromatic carbocycles. The van der Waals surface area contributed by atoms with Gasteiger partial charge in [0.1, 0.15) is 40.7 Å². The van der Waals surface area contributed by atoms with Crippen LogP contribution in [-0.4, -0.2) is 169 Å². The monoisotopic (exact) mass is 1960 g/mol. The number of hydrogen-bond donors (Lipinski definition) is 0. The van der Waals surface area contributed by atoms with Crippen LogP contribution < -0.4 is 34.3 Å². The Morgan fingerprint density at radius 1 is 0.310 bits per heavy atom. The van der Waals surface area contributed by atoms with Crippen LogP contribution in [0.2, 0.25) is 0 Å². The van der Waals surface area contributed by atoms with E-state index in [1.165, 1.54) is 112 Å². The Morgan fingerprint density at radius 2 is 0.593 bits per heavy atom. The highest BCUT2D eigenvalue weighted by atomic mass is 19.3. The fraction of sp³-hybridized carbons (Fsp3) is 0.472. The molecule has 7 aliphatic rings. The first-order chi connectivity index (χ1) is 68.2. The quantitative estimate of drug-likeness (QED) is 0.110. The van der Waals surface area contributed by atoms with E-state index in [4.69, 9.17) is 20.2 Å². The van der Waals surface area contributed by atoms with Crippen molar-refractivity contribution in [3.8, 4) is 6.07 Å². The van der Waals surface area contributed by atoms with Crippen LogP contribution in [0.5, 0.6) is 0 Å². The Morgan fingerprint density at radius 3 is 0.869 bits per heavy atom. The molecular formula is C125H158F4N16. The van der Waals surface area contributed by atoms with Crippen molar-refractivity contribution in [1.29, 1.82) is 5.26 Å². The number of aromatic nitrogens is 7. The van der Waals surface area contributed by atoms with E-state index < -0.39 is 18.3 Å². The lowest BCUT2D eigenvalue weighted by atomic mass is 9.84. The van der Waals surface area contributed by atoms with Crippen LogP contribution in [0, 0.1) is 22.7 Å². The Bertz CT molecular complexity index is 6710. The van der Waals surface area contributed by atoms with Crippen molar-refractivity contribution in [1.82, 2.24) is 39.8 Å². The van der Waals surface area contributed by atoms with E-state index in [-0.39, 0.29) is 75.4 Å². The van der Waals surface area contributed by atoms with Gasteiger partial charge in [0.05, 0.1) is 31.6 Å². The van der Waals surface area contributed by atoms with E-state index in [9.17, 15) is 17.6 Å². The minimum absolute atomic E-state index is 0.0311. The predicted molar refractivity (Wildman–Crippen MR) is 605 cm³/mol. The van der Waals surface area contributed by atoms with Gasteiger partial charge in [-0.2, -0.15) is 5.26 Å². The molecule has 1 unspecified atom stereocenters. The third kappa shape index (κ3) is 25.8. The lowest BCUT2D eigenvalue weighted by Gasteiger charge is -2.33. The van der Waals surface area contributed by atoms with Gasteiger partial charge in [-0.15, -0.1) is 0 Å². The molecule has 766 valence electrons. The second-order valence-electron chi connectivity index (χ2n) is 49.8. The summed E-state index contributed by atoms with van der Waals surface area (Å²) < 4.78 is 53.4. The molecule has 6 fully saturated rings. The van der Waals surface area contributed by atoms with E-state index >= 15 is 0 Å². The number of alkyl halides is 4. The van der Waals surface area contributed by atoms with Crippen LogP contribution in [-0.2, 0) is 37.9 Å². The lowest BCUT2D eigenvalue weighted by Crippen LogP contribution is -2.44. The van der Waals surface area contributed by atoms with Crippen LogP contribution in [0.4, 0.5) is 58.3 Å². The fourth-order valence-corrected chi connectivity index (χ4v) is 21.3. The molecule has 0 saturated carbocycles. The summed E-state index contributed by atoms with van der Waals surface area (Å²) in [6.45, 7) is 67.7. The van der Waals surface area contributed by atoms with E-state index in [0.717, 1.165) is 129 Å². The summed E-state index contributed by atoms with van der Waals surface area (Å²) in [5.74, 6) is 4.27. The van der Waals surface area contributed by atoms with E-state index in [0.29, 0.717) is 23.6 Å². The summed E-state index contributed by atoms with van der Waals surface area (Å²) in [4.78, 5) is 49.9. The topological polar surface area (TPSA) is 140 Å². The minimum atomic E-state index is -2.59. The molecule has 7 aliphatic heterocycles. The number of fused-ring (bicyclic) bond motifs is 7. The minimum Gasteiger partial charge on any atom is -0.356 e. The smallest absolute Gasteiger partial charge is 0.266 e. The number of pyridine rings is 7. The highest BCUT2D eigenvalue weighted by Crippen LogP contribution is 2.43. The number of piperazine rings is 1. The molecule has 14 aromatic rings. The van der Waals surface area contributed by atoms with Crippen molar-refractivity contribution in [2.24, 2.45) is 11.3 Å². The molecular weight excluding hydrogens is 1800 g/mol. The van der Waals surface area contributed by atoms with Gasteiger partial charge in [0.15, 0.2) is 12.3 Å². The zero-order chi connectivity index (χ0) is 104. The van der Waals surface area contributed by atoms with Gasteiger partial charge in [0.2, 0.25) is 0 Å². The average molecular weight is 1960 g/mol. The maximum absolute atomic E-state index is 13.3. The number of halogens is 4. The van der Waals surface area contributed by atoms with Gasteiger partial charge in [-0.1, -0.05) is 299 Å². The Hall–Kier alpha value is -12.1. The largest absolute Gasteiger partial charge is 0.356 e. The van der Waals surface area contributed by atoms with Gasteiger partial charge >= 0.3 is 0 Å². The highest BCUT2D eigenvalue weighted by Gasteiger charge is 2.40. The van der Waals surface area contributed by atoms with Crippen molar-refractivity contribution in [2.75, 3.05) is 140 Å². The molecule has 6 saturated heterocycles. The van der Waals surface area contributed by atoms with Gasteiger partial charge in [-0.3, -0.25) is 0 Å². The molecule has 7 aromatic heterocycles. The second-order valence-corrected chi connectivity index (χ2v) is 49.8. The maximum atomic E-state index is 13.3. The SMILES string of the molecule is CC(C)(C)c1cccc2cc(N3CC=CC3)ncc12.CC(C)(C)c1cccc2cc(N3CCC(C#N)C3)ncc12.CC(C)(C)c1cccc2cc(N3CCC(F)(F)C3)ncc12.CC(C)(C)c1cccc2cc(N3CCCC3(C)C)ncc12.CC(C)(C)c1cccc2cc(N3C[C@@H](F)[C@@H](F)C3)ncc12.CC1(C)CCN(c2cc3cccc(C(C)(C)C)c3cn2)C1.CN1CCN(c2cc3cccc(C(C)(C)C)c3cn2)CC1. The first-order valence-electron chi connectivity index (χ1n) is 52.6. The van der Waals surface area contributed by atoms with E-state index in [2.05, 4.69) is 400 Å². The normalized spacial score (nSPS) is 18.6. The molecule has 21 rings (SSSR count). The van der Waals surface area contributed by atoms with Crippen molar-refractivity contribution in [3.05, 3.63) is 264 Å². The number of nitrogens with zero attached hydrogens (tertiary/aromatic N) is 16. The van der Waals surface area contributed by atoms with Crippen LogP contribution >= 0.6 is 0 Å². The van der Waals surface area contributed by atoms with Crippen molar-refractivity contribution in [2.45, 2.75) is 267 Å². The molecule has 0 amide bonds.